The van der Waals surface area contributed by atoms with Crippen molar-refractivity contribution in [1.82, 2.24) is 4.98 Å². The predicted molar refractivity (Wildman–Crippen MR) is 59.6 cm³/mol. The molecule has 1 aromatic heterocycles. The van der Waals surface area contributed by atoms with Crippen LogP contribution in [0.25, 0.3) is 0 Å². The summed E-state index contributed by atoms with van der Waals surface area (Å²) in [5.74, 6) is -0.174. The van der Waals surface area contributed by atoms with Gasteiger partial charge in [0.1, 0.15) is 16.5 Å². The van der Waals surface area contributed by atoms with E-state index in [0.717, 1.165) is 0 Å². The molecule has 0 fully saturated rings. The van der Waals surface area contributed by atoms with Crippen LogP contribution >= 0.6 is 11.3 Å². The molecule has 2 rings (SSSR count). The standard InChI is InChI=1S/C10H8N2O3S/c11-9-8(12-5-16-9)10(14)15-7-3-1-6(13)2-4-7/h1-5,13H,11H2. The highest BCUT2D eigenvalue weighted by Crippen LogP contribution is 2.20. The number of ether oxygens (including phenoxy) is 1. The lowest BCUT2D eigenvalue weighted by Gasteiger charge is -2.02. The van der Waals surface area contributed by atoms with E-state index in [1.807, 2.05) is 0 Å². The molecule has 0 bridgehead atoms. The summed E-state index contributed by atoms with van der Waals surface area (Å²) in [4.78, 5) is 15.4. The first-order valence-corrected chi connectivity index (χ1v) is 5.25. The van der Waals surface area contributed by atoms with E-state index < -0.39 is 5.97 Å². The number of hydrogen-bond acceptors (Lipinski definition) is 6. The Hall–Kier alpha value is -2.08. The van der Waals surface area contributed by atoms with Gasteiger partial charge in [-0.05, 0) is 24.3 Å². The predicted octanol–water partition coefficient (Wildman–Crippen LogP) is 1.65. The van der Waals surface area contributed by atoms with E-state index in [4.69, 9.17) is 15.6 Å². The fourth-order valence-corrected chi connectivity index (χ4v) is 1.60. The third kappa shape index (κ3) is 2.12. The summed E-state index contributed by atoms with van der Waals surface area (Å²) in [5, 5.41) is 9.37. The Morgan fingerprint density at radius 3 is 2.62 bits per heavy atom. The molecule has 0 unspecified atom stereocenters. The number of aromatic hydroxyl groups is 1. The van der Waals surface area contributed by atoms with Crippen LogP contribution in [0.15, 0.2) is 29.8 Å². The van der Waals surface area contributed by atoms with Crippen LogP contribution < -0.4 is 10.5 Å². The number of esters is 1. The number of carbonyl (C=O) groups excluding carboxylic acids is 1. The summed E-state index contributed by atoms with van der Waals surface area (Å²) >= 11 is 1.17. The van der Waals surface area contributed by atoms with Crippen LogP contribution in [0, 0.1) is 0 Å². The fourth-order valence-electron chi connectivity index (χ4n) is 1.08. The molecule has 0 atom stereocenters. The molecule has 0 aliphatic heterocycles. The number of anilines is 1. The van der Waals surface area contributed by atoms with Gasteiger partial charge in [-0.25, -0.2) is 9.78 Å². The molecule has 0 spiro atoms. The number of nitrogens with two attached hydrogens (primary N) is 1. The zero-order valence-electron chi connectivity index (χ0n) is 8.08. The van der Waals surface area contributed by atoms with Gasteiger partial charge >= 0.3 is 5.97 Å². The third-order valence-electron chi connectivity index (χ3n) is 1.84. The molecule has 1 heterocycles. The van der Waals surface area contributed by atoms with Gasteiger partial charge in [-0.15, -0.1) is 11.3 Å². The van der Waals surface area contributed by atoms with Gasteiger partial charge in [0.15, 0.2) is 5.69 Å². The number of phenolic OH excluding ortho intramolecular Hbond substituents is 1. The minimum absolute atomic E-state index is 0.105. The zero-order chi connectivity index (χ0) is 11.5. The molecule has 1 aromatic carbocycles. The topological polar surface area (TPSA) is 85.4 Å². The first-order chi connectivity index (χ1) is 7.66. The lowest BCUT2D eigenvalue weighted by atomic mass is 10.3. The number of phenols is 1. The minimum Gasteiger partial charge on any atom is -0.508 e. The molecule has 0 saturated carbocycles. The number of hydrogen-bond donors (Lipinski definition) is 2. The summed E-state index contributed by atoms with van der Waals surface area (Å²) in [6.45, 7) is 0. The van der Waals surface area contributed by atoms with E-state index in [1.54, 1.807) is 0 Å². The van der Waals surface area contributed by atoms with Crippen LogP contribution in [0.2, 0.25) is 0 Å². The normalized spacial score (nSPS) is 10.0. The Labute approximate surface area is 95.1 Å². The fraction of sp³-hybridized carbons (Fsp3) is 0. The van der Waals surface area contributed by atoms with Crippen molar-refractivity contribution in [3.05, 3.63) is 35.5 Å². The largest absolute Gasteiger partial charge is 0.508 e. The summed E-state index contributed by atoms with van der Waals surface area (Å²) in [7, 11) is 0. The van der Waals surface area contributed by atoms with Gasteiger partial charge in [-0.3, -0.25) is 0 Å². The van der Waals surface area contributed by atoms with Crippen molar-refractivity contribution < 1.29 is 14.6 Å². The van der Waals surface area contributed by atoms with Crippen molar-refractivity contribution in [2.75, 3.05) is 5.73 Å². The van der Waals surface area contributed by atoms with Crippen LogP contribution in [-0.2, 0) is 0 Å². The molecular formula is C10H8N2O3S. The van der Waals surface area contributed by atoms with Crippen LogP contribution in [0.1, 0.15) is 10.5 Å². The Kier molecular flexibility index (Phi) is 2.74. The van der Waals surface area contributed by atoms with Gasteiger partial charge in [0.2, 0.25) is 0 Å². The second kappa shape index (κ2) is 4.19. The first kappa shape index (κ1) is 10.4. The van der Waals surface area contributed by atoms with Crippen LogP contribution in [0.4, 0.5) is 5.00 Å². The molecule has 0 radical (unpaired) electrons. The summed E-state index contributed by atoms with van der Waals surface area (Å²) in [6, 6.07) is 5.81. The van der Waals surface area contributed by atoms with E-state index in [1.165, 1.54) is 41.1 Å². The van der Waals surface area contributed by atoms with E-state index in [-0.39, 0.29) is 11.4 Å². The molecule has 3 N–H and O–H groups in total. The maximum atomic E-state index is 11.6. The summed E-state index contributed by atoms with van der Waals surface area (Å²) < 4.78 is 5.01. The summed E-state index contributed by atoms with van der Waals surface area (Å²) in [5.41, 5.74) is 7.12. The van der Waals surface area contributed by atoms with Crippen molar-refractivity contribution >= 4 is 22.3 Å². The van der Waals surface area contributed by atoms with Crippen molar-refractivity contribution in [3.63, 3.8) is 0 Å². The smallest absolute Gasteiger partial charge is 0.365 e. The average Bonchev–Trinajstić information content (AvgIpc) is 2.68. The minimum atomic E-state index is -0.607. The highest BCUT2D eigenvalue weighted by atomic mass is 32.1. The van der Waals surface area contributed by atoms with Crippen molar-refractivity contribution in [1.29, 1.82) is 0 Å². The van der Waals surface area contributed by atoms with Gasteiger partial charge in [0.25, 0.3) is 0 Å². The van der Waals surface area contributed by atoms with Gasteiger partial charge in [-0.1, -0.05) is 0 Å². The molecule has 2 aromatic rings. The zero-order valence-corrected chi connectivity index (χ0v) is 8.90. The second-order valence-corrected chi connectivity index (χ2v) is 3.83. The molecule has 16 heavy (non-hydrogen) atoms. The van der Waals surface area contributed by atoms with E-state index in [2.05, 4.69) is 4.98 Å². The van der Waals surface area contributed by atoms with Gasteiger partial charge in [0, 0.05) is 0 Å². The first-order valence-electron chi connectivity index (χ1n) is 4.37. The maximum absolute atomic E-state index is 11.6. The lowest BCUT2D eigenvalue weighted by molar-refractivity contribution is 0.0730. The van der Waals surface area contributed by atoms with Crippen LogP contribution in [-0.4, -0.2) is 16.1 Å². The van der Waals surface area contributed by atoms with Crippen molar-refractivity contribution in [2.45, 2.75) is 0 Å². The molecule has 6 heteroatoms. The molecule has 5 nitrogen and oxygen atoms in total. The van der Waals surface area contributed by atoms with Crippen LogP contribution in [0.5, 0.6) is 11.5 Å². The lowest BCUT2D eigenvalue weighted by Crippen LogP contribution is -2.10. The quantitative estimate of drug-likeness (QED) is 0.611. The monoisotopic (exact) mass is 236 g/mol. The number of nitrogens with zero attached hydrogens (tertiary/aromatic N) is 1. The molecular weight excluding hydrogens is 228 g/mol. The Bertz CT molecular complexity index is 507. The molecule has 0 amide bonds. The third-order valence-corrected chi connectivity index (χ3v) is 2.49. The van der Waals surface area contributed by atoms with Crippen LogP contribution in [0.3, 0.4) is 0 Å². The number of benzene rings is 1. The SMILES string of the molecule is Nc1scnc1C(=O)Oc1ccc(O)cc1. The number of carbonyl (C=O) groups is 1. The maximum Gasteiger partial charge on any atom is 0.365 e. The average molecular weight is 236 g/mol. The Morgan fingerprint density at radius 2 is 2.06 bits per heavy atom. The highest BCUT2D eigenvalue weighted by molar-refractivity contribution is 7.14. The van der Waals surface area contributed by atoms with Crippen molar-refractivity contribution in [3.8, 4) is 11.5 Å². The van der Waals surface area contributed by atoms with Gasteiger partial charge in [0.05, 0.1) is 5.51 Å². The van der Waals surface area contributed by atoms with E-state index in [0.29, 0.717) is 10.8 Å². The number of thiazole rings is 1. The van der Waals surface area contributed by atoms with Gasteiger partial charge in [-0.2, -0.15) is 0 Å². The van der Waals surface area contributed by atoms with Crippen molar-refractivity contribution in [2.24, 2.45) is 0 Å². The molecule has 82 valence electrons. The Balaban J connectivity index is 2.14. The molecule has 0 aliphatic carbocycles. The summed E-state index contributed by atoms with van der Waals surface area (Å²) in [6.07, 6.45) is 0. The number of nitrogen functional groups attached to an aromatic ring is 1. The Morgan fingerprint density at radius 1 is 1.38 bits per heavy atom. The highest BCUT2D eigenvalue weighted by Gasteiger charge is 2.15. The van der Waals surface area contributed by atoms with E-state index in [9.17, 15) is 4.79 Å². The van der Waals surface area contributed by atoms with E-state index >= 15 is 0 Å². The molecule has 0 aliphatic rings. The number of rotatable bonds is 2. The second-order valence-electron chi connectivity index (χ2n) is 2.95. The molecule has 0 saturated heterocycles. The number of aromatic nitrogens is 1. The van der Waals surface area contributed by atoms with Gasteiger partial charge < -0.3 is 15.6 Å².